The Balaban J connectivity index is 1.54. The Morgan fingerprint density at radius 2 is 1.83 bits per heavy atom. The van der Waals surface area contributed by atoms with Crippen molar-refractivity contribution < 1.29 is 33.6 Å². The third kappa shape index (κ3) is 6.21. The molecule has 0 spiro atoms. The molecule has 0 saturated carbocycles. The van der Waals surface area contributed by atoms with Gasteiger partial charge in [0.05, 0.1) is 38.0 Å². The van der Waals surface area contributed by atoms with E-state index < -0.39 is 17.7 Å². The highest BCUT2D eigenvalue weighted by Gasteiger charge is 2.46. The maximum atomic E-state index is 13.6. The number of aliphatic hydroxyl groups excluding tert-OH is 1. The lowest BCUT2D eigenvalue weighted by Gasteiger charge is -2.31. The van der Waals surface area contributed by atoms with Gasteiger partial charge in [0.1, 0.15) is 17.6 Å². The molecule has 41 heavy (non-hydrogen) atoms. The van der Waals surface area contributed by atoms with Gasteiger partial charge in [-0.05, 0) is 61.7 Å². The zero-order chi connectivity index (χ0) is 28.9. The quantitative estimate of drug-likeness (QED) is 0.186. The van der Waals surface area contributed by atoms with E-state index in [1.165, 1.54) is 0 Å². The summed E-state index contributed by atoms with van der Waals surface area (Å²) in [7, 11) is 0. The van der Waals surface area contributed by atoms with Crippen molar-refractivity contribution in [1.82, 2.24) is 9.80 Å². The number of carbonyl (C=O) groups is 2. The van der Waals surface area contributed by atoms with Gasteiger partial charge >= 0.3 is 0 Å². The van der Waals surface area contributed by atoms with Crippen LogP contribution in [-0.2, 0) is 20.7 Å². The molecule has 5 rings (SSSR count). The number of morpholine rings is 1. The highest BCUT2D eigenvalue weighted by atomic mass is 16.5. The molecule has 0 aromatic heterocycles. The molecular formula is C32H40N2O7. The number of ether oxygens (including phenoxy) is 4. The predicted molar refractivity (Wildman–Crippen MR) is 155 cm³/mol. The Hall–Kier alpha value is -3.56. The number of aliphatic hydroxyl groups is 1. The monoisotopic (exact) mass is 564 g/mol. The Morgan fingerprint density at radius 1 is 1.02 bits per heavy atom. The molecule has 1 N–H and O–H groups in total. The molecule has 2 aromatic rings. The molecule has 9 heteroatoms. The minimum Gasteiger partial charge on any atom is -0.507 e. The van der Waals surface area contributed by atoms with Crippen LogP contribution >= 0.6 is 0 Å². The summed E-state index contributed by atoms with van der Waals surface area (Å²) in [5.41, 5.74) is 2.21. The van der Waals surface area contributed by atoms with Crippen molar-refractivity contribution >= 4 is 17.4 Å². The number of fused-ring (bicyclic) bond motifs is 1. The van der Waals surface area contributed by atoms with E-state index in [1.807, 2.05) is 44.2 Å². The summed E-state index contributed by atoms with van der Waals surface area (Å²) < 4.78 is 23.2. The van der Waals surface area contributed by atoms with Gasteiger partial charge in [-0.2, -0.15) is 0 Å². The van der Waals surface area contributed by atoms with Gasteiger partial charge in [0.25, 0.3) is 11.7 Å². The van der Waals surface area contributed by atoms with Gasteiger partial charge < -0.3 is 29.0 Å². The van der Waals surface area contributed by atoms with E-state index in [0.29, 0.717) is 68.6 Å². The molecule has 0 unspecified atom stereocenters. The summed E-state index contributed by atoms with van der Waals surface area (Å²) in [6, 6.07) is 10.1. The van der Waals surface area contributed by atoms with E-state index in [4.69, 9.17) is 18.9 Å². The lowest BCUT2D eigenvalue weighted by molar-refractivity contribution is -0.140. The third-order valence-electron chi connectivity index (χ3n) is 7.81. The van der Waals surface area contributed by atoms with Crippen LogP contribution in [0.3, 0.4) is 0 Å². The van der Waals surface area contributed by atoms with Crippen molar-refractivity contribution in [2.45, 2.75) is 52.2 Å². The van der Waals surface area contributed by atoms with Crippen molar-refractivity contribution in [2.75, 3.05) is 52.6 Å². The smallest absolute Gasteiger partial charge is 0.295 e. The normalized spacial score (nSPS) is 22.1. The van der Waals surface area contributed by atoms with Crippen LogP contribution in [0, 0.1) is 0 Å². The van der Waals surface area contributed by atoms with Crippen LogP contribution in [0.15, 0.2) is 42.0 Å². The number of hydrogen-bond donors (Lipinski definition) is 1. The molecule has 1 amide bonds. The summed E-state index contributed by atoms with van der Waals surface area (Å²) >= 11 is 0. The topological polar surface area (TPSA) is 97.8 Å². The number of amides is 1. The zero-order valence-electron chi connectivity index (χ0n) is 24.2. The molecule has 0 aliphatic carbocycles. The average Bonchev–Trinajstić information content (AvgIpc) is 3.48. The number of carbonyl (C=O) groups excluding carboxylic acids is 2. The predicted octanol–water partition coefficient (Wildman–Crippen LogP) is 4.34. The fraction of sp³-hybridized carbons (Fsp3) is 0.500. The summed E-state index contributed by atoms with van der Waals surface area (Å²) in [4.78, 5) is 30.9. The molecule has 0 radical (unpaired) electrons. The first kappa shape index (κ1) is 29.0. The van der Waals surface area contributed by atoms with Crippen molar-refractivity contribution in [2.24, 2.45) is 0 Å². The van der Waals surface area contributed by atoms with Crippen molar-refractivity contribution in [3.05, 3.63) is 58.7 Å². The van der Waals surface area contributed by atoms with Gasteiger partial charge in [0.2, 0.25) is 0 Å². The van der Waals surface area contributed by atoms with Crippen LogP contribution in [0.25, 0.3) is 5.76 Å². The minimum atomic E-state index is -0.775. The average molecular weight is 565 g/mol. The zero-order valence-corrected chi connectivity index (χ0v) is 24.2. The van der Waals surface area contributed by atoms with Crippen LogP contribution in [0.5, 0.6) is 17.2 Å². The van der Waals surface area contributed by atoms with E-state index in [1.54, 1.807) is 11.0 Å². The van der Waals surface area contributed by atoms with E-state index in [9.17, 15) is 14.7 Å². The Morgan fingerprint density at radius 3 is 2.59 bits per heavy atom. The molecule has 2 fully saturated rings. The molecule has 3 aliphatic rings. The highest BCUT2D eigenvalue weighted by Crippen LogP contribution is 2.43. The second kappa shape index (κ2) is 13.0. The Kier molecular flexibility index (Phi) is 9.15. The molecule has 2 saturated heterocycles. The molecule has 3 aliphatic heterocycles. The number of unbranched alkanes of at least 4 members (excludes halogenated alkanes) is 1. The molecular weight excluding hydrogens is 524 g/mol. The minimum absolute atomic E-state index is 0.0446. The first-order valence-electron chi connectivity index (χ1n) is 14.7. The molecule has 2 aromatic carbocycles. The van der Waals surface area contributed by atoms with E-state index in [0.717, 1.165) is 37.2 Å². The van der Waals surface area contributed by atoms with E-state index >= 15 is 0 Å². The summed E-state index contributed by atoms with van der Waals surface area (Å²) in [6.07, 6.45) is 2.68. The van der Waals surface area contributed by atoms with Gasteiger partial charge in [0.15, 0.2) is 11.5 Å². The summed E-state index contributed by atoms with van der Waals surface area (Å²) in [5, 5.41) is 11.6. The van der Waals surface area contributed by atoms with Crippen molar-refractivity contribution in [3.63, 3.8) is 0 Å². The second-order valence-corrected chi connectivity index (χ2v) is 10.7. The fourth-order valence-electron chi connectivity index (χ4n) is 5.66. The standard InChI is InChI=1S/C32H40N2O7/c1-4-6-15-40-26-10-7-22(20-27(26)39-5-2)29-28(30(35)23-8-9-25-24(19-23)18-21(3)41-25)31(36)32(37)34(29)12-11-33-13-16-38-17-14-33/h7-10,19-21,29,35H,4-6,11-18H2,1-3H3/t21-,29+/m1/s1. The molecule has 3 heterocycles. The maximum absolute atomic E-state index is 13.6. The van der Waals surface area contributed by atoms with Crippen LogP contribution in [0.4, 0.5) is 0 Å². The first-order chi connectivity index (χ1) is 19.9. The lowest BCUT2D eigenvalue weighted by atomic mass is 9.94. The number of rotatable bonds is 11. The Bertz CT molecular complexity index is 1300. The van der Waals surface area contributed by atoms with Crippen LogP contribution < -0.4 is 14.2 Å². The number of benzene rings is 2. The van der Waals surface area contributed by atoms with E-state index in [-0.39, 0.29) is 17.4 Å². The number of nitrogens with zero attached hydrogens (tertiary/aromatic N) is 2. The summed E-state index contributed by atoms with van der Waals surface area (Å²) in [5.74, 6) is 0.429. The largest absolute Gasteiger partial charge is 0.507 e. The number of hydrogen-bond acceptors (Lipinski definition) is 8. The van der Waals surface area contributed by atoms with Crippen molar-refractivity contribution in [3.8, 4) is 17.2 Å². The summed E-state index contributed by atoms with van der Waals surface area (Å²) in [6.45, 7) is 10.7. The molecule has 9 nitrogen and oxygen atoms in total. The van der Waals surface area contributed by atoms with Gasteiger partial charge in [-0.1, -0.05) is 19.4 Å². The Labute approximate surface area is 241 Å². The van der Waals surface area contributed by atoms with E-state index in [2.05, 4.69) is 11.8 Å². The van der Waals surface area contributed by atoms with Gasteiger partial charge in [-0.25, -0.2) is 0 Å². The number of likely N-dealkylation sites (tertiary alicyclic amines) is 1. The van der Waals surface area contributed by atoms with Gasteiger partial charge in [0, 0.05) is 38.2 Å². The first-order valence-corrected chi connectivity index (χ1v) is 14.7. The highest BCUT2D eigenvalue weighted by molar-refractivity contribution is 6.46. The van der Waals surface area contributed by atoms with Crippen molar-refractivity contribution in [1.29, 1.82) is 0 Å². The van der Waals surface area contributed by atoms with Gasteiger partial charge in [-0.3, -0.25) is 14.5 Å². The SMILES string of the molecule is CCCCOc1ccc([C@H]2C(=C(O)c3ccc4c(c3)C[C@@H](C)O4)C(=O)C(=O)N2CCN2CCOCC2)cc1OCC. The van der Waals surface area contributed by atoms with Crippen LogP contribution in [-0.4, -0.2) is 85.3 Å². The number of Topliss-reactive ketones (excluding diaryl/α,β-unsaturated/α-hetero) is 1. The molecule has 220 valence electrons. The van der Waals surface area contributed by atoms with Crippen LogP contribution in [0.1, 0.15) is 56.3 Å². The fourth-order valence-corrected chi connectivity index (χ4v) is 5.66. The molecule has 0 bridgehead atoms. The third-order valence-corrected chi connectivity index (χ3v) is 7.81. The second-order valence-electron chi connectivity index (χ2n) is 10.7. The maximum Gasteiger partial charge on any atom is 0.295 e. The van der Waals surface area contributed by atoms with Gasteiger partial charge in [-0.15, -0.1) is 0 Å². The number of ketones is 1. The van der Waals surface area contributed by atoms with Crippen LogP contribution in [0.2, 0.25) is 0 Å². The molecule has 2 atom stereocenters. The lowest BCUT2D eigenvalue weighted by Crippen LogP contribution is -2.42.